The summed E-state index contributed by atoms with van der Waals surface area (Å²) < 4.78 is 28.7. The summed E-state index contributed by atoms with van der Waals surface area (Å²) in [5, 5.41) is 8.72. The first-order valence-electron chi connectivity index (χ1n) is 4.62. The normalized spacial score (nSPS) is 13.1. The van der Waals surface area contributed by atoms with Gasteiger partial charge in [-0.1, -0.05) is 13.3 Å². The lowest BCUT2D eigenvalue weighted by molar-refractivity contribution is -0.139. The molecule has 7 nitrogen and oxygen atoms in total. The fourth-order valence-electron chi connectivity index (χ4n) is 0.994. The topological polar surface area (TPSA) is 110 Å². The van der Waals surface area contributed by atoms with Crippen molar-refractivity contribution in [3.8, 4) is 0 Å². The summed E-state index contributed by atoms with van der Waals surface area (Å²) in [6.45, 7) is 1.73. The summed E-state index contributed by atoms with van der Waals surface area (Å²) in [6, 6.07) is -1.21. The monoisotopic (exact) mass is 253 g/mol. The first-order valence-corrected chi connectivity index (χ1v) is 6.27. The third-order valence-corrected chi connectivity index (χ3v) is 2.99. The fraction of sp³-hybridized carbons (Fsp3) is 0.750. The molecule has 0 heterocycles. The Balaban J connectivity index is 4.54. The van der Waals surface area contributed by atoms with Gasteiger partial charge in [-0.25, -0.2) is 13.1 Å². The molecule has 0 saturated carbocycles. The zero-order valence-electron chi connectivity index (χ0n) is 9.10. The van der Waals surface area contributed by atoms with Gasteiger partial charge in [0.1, 0.15) is 6.04 Å². The highest BCUT2D eigenvalue weighted by molar-refractivity contribution is 7.90. The Kier molecular flexibility index (Phi) is 5.97. The molecule has 16 heavy (non-hydrogen) atoms. The number of hydrogen-bond donors (Lipinski definition) is 2. The lowest BCUT2D eigenvalue weighted by Crippen LogP contribution is -2.43. The third-order valence-electron chi connectivity index (χ3n) is 1.73. The van der Waals surface area contributed by atoms with Gasteiger partial charge in [-0.3, -0.25) is 9.59 Å². The van der Waals surface area contributed by atoms with Crippen LogP contribution in [0.3, 0.4) is 0 Å². The minimum absolute atomic E-state index is 0.162. The van der Waals surface area contributed by atoms with E-state index in [0.717, 1.165) is 7.11 Å². The predicted octanol–water partition coefficient (Wildman–Crippen LogP) is -0.668. The molecule has 0 aromatic carbocycles. The average Bonchev–Trinajstić information content (AvgIpc) is 2.15. The molecule has 0 aliphatic heterocycles. The van der Waals surface area contributed by atoms with E-state index in [9.17, 15) is 18.0 Å². The maximum absolute atomic E-state index is 11.3. The van der Waals surface area contributed by atoms with Crippen molar-refractivity contribution in [3.63, 3.8) is 0 Å². The molecule has 0 spiro atoms. The van der Waals surface area contributed by atoms with E-state index in [2.05, 4.69) is 4.74 Å². The Morgan fingerprint density at radius 2 is 2.00 bits per heavy atom. The van der Waals surface area contributed by atoms with Crippen LogP contribution in [0.5, 0.6) is 0 Å². The summed E-state index contributed by atoms with van der Waals surface area (Å²) in [5.41, 5.74) is 0. The van der Waals surface area contributed by atoms with Gasteiger partial charge in [0, 0.05) is 0 Å². The molecule has 0 bridgehead atoms. The number of carboxylic acids is 1. The van der Waals surface area contributed by atoms with Crippen LogP contribution in [0.2, 0.25) is 0 Å². The number of aliphatic carboxylic acids is 1. The van der Waals surface area contributed by atoms with Crippen LogP contribution in [-0.2, 0) is 24.3 Å². The number of sulfonamides is 1. The Morgan fingerprint density at radius 3 is 2.38 bits per heavy atom. The number of esters is 1. The van der Waals surface area contributed by atoms with Crippen molar-refractivity contribution >= 4 is 22.0 Å². The van der Waals surface area contributed by atoms with Gasteiger partial charge in [0.25, 0.3) is 0 Å². The van der Waals surface area contributed by atoms with Crippen molar-refractivity contribution < 1.29 is 27.9 Å². The first kappa shape index (κ1) is 14.8. The van der Waals surface area contributed by atoms with Gasteiger partial charge >= 0.3 is 11.9 Å². The molecule has 0 aliphatic rings. The largest absolute Gasteiger partial charge is 0.480 e. The smallest absolute Gasteiger partial charge is 0.322 e. The van der Waals surface area contributed by atoms with Crippen molar-refractivity contribution in [2.24, 2.45) is 0 Å². The van der Waals surface area contributed by atoms with E-state index in [1.165, 1.54) is 0 Å². The van der Waals surface area contributed by atoms with Gasteiger partial charge < -0.3 is 9.84 Å². The van der Waals surface area contributed by atoms with Crippen LogP contribution >= 0.6 is 0 Å². The number of nitrogens with one attached hydrogen (secondary N) is 1. The predicted molar refractivity (Wildman–Crippen MR) is 55.3 cm³/mol. The van der Waals surface area contributed by atoms with Gasteiger partial charge in [-0.2, -0.15) is 0 Å². The number of ether oxygens (including phenoxy) is 1. The molecule has 8 heteroatoms. The molecule has 2 N–H and O–H groups in total. The van der Waals surface area contributed by atoms with Crippen LogP contribution in [0.25, 0.3) is 0 Å². The summed E-state index contributed by atoms with van der Waals surface area (Å²) in [7, 11) is -2.91. The SMILES string of the molecule is CCC[C@H](NS(=O)(=O)CC(=O)OC)C(=O)O. The zero-order valence-corrected chi connectivity index (χ0v) is 9.91. The summed E-state index contributed by atoms with van der Waals surface area (Å²) >= 11 is 0. The second-order valence-electron chi connectivity index (χ2n) is 3.13. The summed E-state index contributed by atoms with van der Waals surface area (Å²) in [6.07, 6.45) is 0.674. The van der Waals surface area contributed by atoms with E-state index < -0.39 is 33.8 Å². The van der Waals surface area contributed by atoms with E-state index >= 15 is 0 Å². The van der Waals surface area contributed by atoms with Crippen LogP contribution in [0.1, 0.15) is 19.8 Å². The third kappa shape index (κ3) is 5.66. The van der Waals surface area contributed by atoms with Crippen molar-refractivity contribution in [2.75, 3.05) is 12.9 Å². The fourth-order valence-corrected chi connectivity index (χ4v) is 2.16. The second-order valence-corrected chi connectivity index (χ2v) is 4.89. The lowest BCUT2D eigenvalue weighted by Gasteiger charge is -2.12. The van der Waals surface area contributed by atoms with E-state index in [1.54, 1.807) is 6.92 Å². The van der Waals surface area contributed by atoms with Crippen molar-refractivity contribution in [1.29, 1.82) is 0 Å². The number of rotatable bonds is 7. The van der Waals surface area contributed by atoms with Crippen molar-refractivity contribution in [1.82, 2.24) is 4.72 Å². The van der Waals surface area contributed by atoms with Crippen LogP contribution in [0.15, 0.2) is 0 Å². The van der Waals surface area contributed by atoms with E-state index in [0.29, 0.717) is 6.42 Å². The molecule has 0 aliphatic carbocycles. The van der Waals surface area contributed by atoms with Crippen LogP contribution in [0.4, 0.5) is 0 Å². The van der Waals surface area contributed by atoms with Gasteiger partial charge in [0.15, 0.2) is 5.75 Å². The minimum atomic E-state index is -3.96. The Hall–Kier alpha value is -1.15. The highest BCUT2D eigenvalue weighted by atomic mass is 32.2. The maximum atomic E-state index is 11.3. The van der Waals surface area contributed by atoms with Gasteiger partial charge in [0.2, 0.25) is 10.0 Å². The first-order chi connectivity index (χ1) is 7.32. The van der Waals surface area contributed by atoms with Crippen LogP contribution in [0, 0.1) is 0 Å². The Labute approximate surface area is 93.8 Å². The quantitative estimate of drug-likeness (QED) is 0.582. The molecule has 0 saturated heterocycles. The van der Waals surface area contributed by atoms with Crippen LogP contribution in [-0.4, -0.2) is 44.4 Å². The molecule has 0 fully saturated rings. The van der Waals surface area contributed by atoms with Gasteiger partial charge in [-0.15, -0.1) is 0 Å². The molecule has 1 atom stereocenters. The average molecular weight is 253 g/mol. The molecule has 94 valence electrons. The highest BCUT2D eigenvalue weighted by Crippen LogP contribution is 2.00. The van der Waals surface area contributed by atoms with E-state index in [1.807, 2.05) is 4.72 Å². The Bertz CT molecular complexity index is 350. The molecule has 0 rings (SSSR count). The molecule has 0 aromatic heterocycles. The number of carbonyl (C=O) groups is 2. The van der Waals surface area contributed by atoms with Gasteiger partial charge in [0.05, 0.1) is 7.11 Å². The highest BCUT2D eigenvalue weighted by Gasteiger charge is 2.25. The number of carboxylic acid groups (broad SMARTS) is 1. The number of hydrogen-bond acceptors (Lipinski definition) is 5. The number of carbonyl (C=O) groups excluding carboxylic acids is 1. The van der Waals surface area contributed by atoms with Crippen molar-refractivity contribution in [2.45, 2.75) is 25.8 Å². The van der Waals surface area contributed by atoms with Crippen LogP contribution < -0.4 is 4.72 Å². The van der Waals surface area contributed by atoms with E-state index in [4.69, 9.17) is 5.11 Å². The molecule has 0 aromatic rings. The number of methoxy groups -OCH3 is 1. The second kappa shape index (κ2) is 6.44. The zero-order chi connectivity index (χ0) is 12.8. The molecule has 0 amide bonds. The maximum Gasteiger partial charge on any atom is 0.322 e. The molecule has 0 unspecified atom stereocenters. The van der Waals surface area contributed by atoms with Gasteiger partial charge in [-0.05, 0) is 6.42 Å². The Morgan fingerprint density at radius 1 is 1.44 bits per heavy atom. The summed E-state index contributed by atoms with van der Waals surface area (Å²) in [4.78, 5) is 21.4. The molecular weight excluding hydrogens is 238 g/mol. The van der Waals surface area contributed by atoms with Crippen molar-refractivity contribution in [3.05, 3.63) is 0 Å². The molecule has 0 radical (unpaired) electrons. The van der Waals surface area contributed by atoms with E-state index in [-0.39, 0.29) is 6.42 Å². The minimum Gasteiger partial charge on any atom is -0.480 e. The standard InChI is InChI=1S/C8H15NO6S/c1-3-4-6(8(11)12)9-16(13,14)5-7(10)15-2/h6,9H,3-5H2,1-2H3,(H,11,12)/t6-/m0/s1. The summed E-state index contributed by atoms with van der Waals surface area (Å²) in [5.74, 6) is -3.08. The lowest BCUT2D eigenvalue weighted by atomic mass is 10.2. The molecular formula is C8H15NO6S.